The van der Waals surface area contributed by atoms with Crippen molar-refractivity contribution in [1.29, 1.82) is 0 Å². The van der Waals surface area contributed by atoms with E-state index in [4.69, 9.17) is 4.52 Å². The van der Waals surface area contributed by atoms with Gasteiger partial charge in [-0.1, -0.05) is 5.16 Å². The molecule has 5 nitrogen and oxygen atoms in total. The number of halogens is 5. The van der Waals surface area contributed by atoms with Gasteiger partial charge < -0.3 is 9.42 Å². The Kier molecular flexibility index (Phi) is 4.61. The van der Waals surface area contributed by atoms with E-state index < -0.39 is 39.9 Å². The SMILES string of the molecule is CC(F)(F)c1nc(C23CCC(CN(C(=O)C45CC(F)(C4)C5)c4ccc(F)c(F)c4)(CC2)CC3)no1. The molecule has 4 bridgehead atoms. The lowest BCUT2D eigenvalue weighted by Gasteiger charge is -2.65. The Morgan fingerprint density at radius 3 is 2.20 bits per heavy atom. The third kappa shape index (κ3) is 3.42. The van der Waals surface area contributed by atoms with Crippen LogP contribution in [0, 0.1) is 22.5 Å². The first kappa shape index (κ1) is 22.9. The third-order valence-corrected chi connectivity index (χ3v) is 9.05. The van der Waals surface area contributed by atoms with E-state index in [-0.39, 0.29) is 36.3 Å². The fourth-order valence-corrected chi connectivity index (χ4v) is 6.90. The number of amides is 1. The largest absolute Gasteiger partial charge is 0.333 e. The van der Waals surface area contributed by atoms with Crippen molar-refractivity contribution in [3.63, 3.8) is 0 Å². The topological polar surface area (TPSA) is 59.2 Å². The summed E-state index contributed by atoms with van der Waals surface area (Å²) in [5.74, 6) is -5.86. The first-order valence-corrected chi connectivity index (χ1v) is 12.1. The number of rotatable bonds is 6. The molecule has 0 spiro atoms. The highest BCUT2D eigenvalue weighted by atomic mass is 19.3. The number of hydrogen-bond acceptors (Lipinski definition) is 4. The zero-order valence-corrected chi connectivity index (χ0v) is 19.4. The average Bonchev–Trinajstić information content (AvgIpc) is 3.29. The number of carbonyl (C=O) groups is 1. The standard InChI is InChI=1S/C25H26F5N3O2/c1-21(28,29)19-31-18(32-35-19)23-7-4-22(5-8-23,6-9-23)14-33(15-2-3-16(26)17(27)10-15)20(34)24-11-25(30,12-24)13-24/h2-3,10H,4-9,11-14H2,1H3. The molecular weight excluding hydrogens is 469 g/mol. The number of hydrogen-bond donors (Lipinski definition) is 0. The van der Waals surface area contributed by atoms with Gasteiger partial charge in [0.05, 0.1) is 5.41 Å². The number of alkyl halides is 3. The van der Waals surface area contributed by atoms with Crippen molar-refractivity contribution in [1.82, 2.24) is 10.1 Å². The number of carbonyl (C=O) groups excluding carboxylic acids is 1. The van der Waals surface area contributed by atoms with Gasteiger partial charge >= 0.3 is 5.92 Å². The van der Waals surface area contributed by atoms with E-state index in [2.05, 4.69) is 10.1 Å². The Hall–Kier alpha value is -2.52. The fraction of sp³-hybridized carbons (Fsp3) is 0.640. The number of nitrogens with zero attached hydrogens (tertiary/aromatic N) is 3. The summed E-state index contributed by atoms with van der Waals surface area (Å²) in [6.45, 7) is 1.04. The Bertz CT molecular complexity index is 1160. The normalized spacial score (nSPS) is 35.4. The van der Waals surface area contributed by atoms with Crippen LogP contribution in [0.4, 0.5) is 27.6 Å². The molecular formula is C25H26F5N3O2. The van der Waals surface area contributed by atoms with E-state index >= 15 is 0 Å². The monoisotopic (exact) mass is 495 g/mol. The molecule has 0 saturated heterocycles. The maximum absolute atomic E-state index is 14.2. The van der Waals surface area contributed by atoms with Crippen LogP contribution in [0.15, 0.2) is 22.7 Å². The Morgan fingerprint density at radius 2 is 1.69 bits per heavy atom. The second kappa shape index (κ2) is 7.03. The van der Waals surface area contributed by atoms with Gasteiger partial charge in [-0.15, -0.1) is 0 Å². The summed E-state index contributed by atoms with van der Waals surface area (Å²) in [6, 6.07) is 3.43. The minimum absolute atomic E-state index is 0.178. The van der Waals surface area contributed by atoms with Crippen LogP contribution in [-0.4, -0.2) is 28.3 Å². The van der Waals surface area contributed by atoms with Gasteiger partial charge in [0, 0.05) is 30.6 Å². The van der Waals surface area contributed by atoms with Crippen molar-refractivity contribution < 1.29 is 31.3 Å². The second-order valence-corrected chi connectivity index (χ2v) is 11.5. The van der Waals surface area contributed by atoms with E-state index in [0.717, 1.165) is 19.1 Å². The zero-order chi connectivity index (χ0) is 24.9. The summed E-state index contributed by atoms with van der Waals surface area (Å²) < 4.78 is 74.0. The molecule has 0 N–H and O–H groups in total. The Labute approximate surface area is 199 Å². The number of anilines is 1. The summed E-state index contributed by atoms with van der Waals surface area (Å²) in [5, 5.41) is 3.87. The Morgan fingerprint density at radius 1 is 1.06 bits per heavy atom. The summed E-state index contributed by atoms with van der Waals surface area (Å²) in [4.78, 5) is 19.1. The van der Waals surface area contributed by atoms with Crippen LogP contribution in [0.25, 0.3) is 0 Å². The van der Waals surface area contributed by atoms with Gasteiger partial charge in [-0.2, -0.15) is 13.8 Å². The predicted octanol–water partition coefficient (Wildman–Crippen LogP) is 5.98. The van der Waals surface area contributed by atoms with Crippen LogP contribution in [0.2, 0.25) is 0 Å². The van der Waals surface area contributed by atoms with E-state index in [9.17, 15) is 26.7 Å². The quantitative estimate of drug-likeness (QED) is 0.463. The van der Waals surface area contributed by atoms with Crippen molar-refractivity contribution in [2.24, 2.45) is 10.8 Å². The van der Waals surface area contributed by atoms with E-state index in [0.29, 0.717) is 50.9 Å². The van der Waals surface area contributed by atoms with Gasteiger partial charge in [0.15, 0.2) is 17.5 Å². The molecule has 0 unspecified atom stereocenters. The van der Waals surface area contributed by atoms with Crippen molar-refractivity contribution in [3.8, 4) is 0 Å². The molecule has 6 aliphatic rings. The average molecular weight is 495 g/mol. The molecule has 8 rings (SSSR count). The van der Waals surface area contributed by atoms with E-state index in [1.165, 1.54) is 11.0 Å². The fourth-order valence-electron chi connectivity index (χ4n) is 6.90. The van der Waals surface area contributed by atoms with Gasteiger partial charge in [-0.05, 0) is 75.3 Å². The molecule has 1 amide bonds. The maximum atomic E-state index is 14.2. The number of fused-ring (bicyclic) bond motifs is 3. The first-order chi connectivity index (χ1) is 16.4. The molecule has 2 aromatic rings. The maximum Gasteiger partial charge on any atom is 0.322 e. The second-order valence-electron chi connectivity index (χ2n) is 11.5. The highest BCUT2D eigenvalue weighted by molar-refractivity contribution is 6.00. The molecule has 0 atom stereocenters. The molecule has 0 aliphatic heterocycles. The molecule has 35 heavy (non-hydrogen) atoms. The lowest BCUT2D eigenvalue weighted by atomic mass is 9.41. The third-order valence-electron chi connectivity index (χ3n) is 9.05. The van der Waals surface area contributed by atoms with Gasteiger partial charge in [0.25, 0.3) is 5.89 Å². The molecule has 1 aromatic carbocycles. The summed E-state index contributed by atoms with van der Waals surface area (Å²) >= 11 is 0. The highest BCUT2D eigenvalue weighted by Crippen LogP contribution is 2.70. The molecule has 1 aromatic heterocycles. The molecule has 6 saturated carbocycles. The number of aromatic nitrogens is 2. The van der Waals surface area contributed by atoms with Crippen molar-refractivity contribution in [2.45, 2.75) is 81.7 Å². The van der Waals surface area contributed by atoms with E-state index in [1.54, 1.807) is 0 Å². The summed E-state index contributed by atoms with van der Waals surface area (Å²) in [6.07, 6.45) is 4.60. The smallest absolute Gasteiger partial charge is 0.322 e. The molecule has 10 heteroatoms. The Balaban J connectivity index is 1.24. The molecule has 0 radical (unpaired) electrons. The lowest BCUT2D eigenvalue weighted by molar-refractivity contribution is -0.211. The number of benzene rings is 1. The molecule has 188 valence electrons. The van der Waals surface area contributed by atoms with Crippen LogP contribution < -0.4 is 4.90 Å². The van der Waals surface area contributed by atoms with Crippen LogP contribution in [0.5, 0.6) is 0 Å². The van der Waals surface area contributed by atoms with Gasteiger partial charge in [-0.3, -0.25) is 4.79 Å². The molecule has 6 aliphatic carbocycles. The van der Waals surface area contributed by atoms with Crippen LogP contribution >= 0.6 is 0 Å². The van der Waals surface area contributed by atoms with Gasteiger partial charge in [-0.25, -0.2) is 13.2 Å². The van der Waals surface area contributed by atoms with Crippen LogP contribution in [-0.2, 0) is 16.1 Å². The lowest BCUT2D eigenvalue weighted by Crippen LogP contribution is -2.71. The van der Waals surface area contributed by atoms with Crippen molar-refractivity contribution in [2.75, 3.05) is 11.4 Å². The molecule has 6 fully saturated rings. The van der Waals surface area contributed by atoms with Crippen LogP contribution in [0.3, 0.4) is 0 Å². The minimum Gasteiger partial charge on any atom is -0.333 e. The van der Waals surface area contributed by atoms with Crippen molar-refractivity contribution in [3.05, 3.63) is 41.5 Å². The first-order valence-electron chi connectivity index (χ1n) is 12.1. The van der Waals surface area contributed by atoms with Crippen molar-refractivity contribution >= 4 is 11.6 Å². The van der Waals surface area contributed by atoms with Gasteiger partial charge in [0.1, 0.15) is 5.67 Å². The summed E-state index contributed by atoms with van der Waals surface area (Å²) in [5.41, 5.74) is -2.45. The van der Waals surface area contributed by atoms with Crippen LogP contribution in [0.1, 0.15) is 76.4 Å². The van der Waals surface area contributed by atoms with E-state index in [1.807, 2.05) is 0 Å². The highest BCUT2D eigenvalue weighted by Gasteiger charge is 2.73. The summed E-state index contributed by atoms with van der Waals surface area (Å²) in [7, 11) is 0. The zero-order valence-electron chi connectivity index (χ0n) is 19.4. The predicted molar refractivity (Wildman–Crippen MR) is 115 cm³/mol. The van der Waals surface area contributed by atoms with Gasteiger partial charge in [0.2, 0.25) is 5.91 Å². The molecule has 1 heterocycles. The minimum atomic E-state index is -3.21.